The summed E-state index contributed by atoms with van der Waals surface area (Å²) in [7, 11) is 0. The fourth-order valence-corrected chi connectivity index (χ4v) is 3.36. The molecule has 5 heteroatoms. The Kier molecular flexibility index (Phi) is 9.39. The van der Waals surface area contributed by atoms with E-state index in [4.69, 9.17) is 4.74 Å². The number of hydrogen-bond donors (Lipinski definition) is 1. The third-order valence-corrected chi connectivity index (χ3v) is 5.33. The minimum Gasteiger partial charge on any atom is -0.483 e. The number of hydrogen-bond acceptors (Lipinski definition) is 3. The molecule has 0 aliphatic heterocycles. The number of carbonyl (C=O) groups is 2. The third kappa shape index (κ3) is 6.61. The lowest BCUT2D eigenvalue weighted by atomic mass is 10.1. The summed E-state index contributed by atoms with van der Waals surface area (Å²) >= 11 is 0. The molecule has 5 nitrogen and oxygen atoms in total. The molecule has 2 amide bonds. The van der Waals surface area contributed by atoms with Gasteiger partial charge in [0.2, 0.25) is 5.91 Å². The highest BCUT2D eigenvalue weighted by atomic mass is 16.5. The van der Waals surface area contributed by atoms with E-state index >= 15 is 0 Å². The van der Waals surface area contributed by atoms with E-state index in [1.165, 1.54) is 0 Å². The van der Waals surface area contributed by atoms with Gasteiger partial charge in [0.05, 0.1) is 0 Å². The van der Waals surface area contributed by atoms with Crippen LogP contribution in [0.3, 0.4) is 0 Å². The van der Waals surface area contributed by atoms with Crippen molar-refractivity contribution in [1.82, 2.24) is 10.2 Å². The molecule has 0 aromatic heterocycles. The van der Waals surface area contributed by atoms with Crippen molar-refractivity contribution in [1.29, 1.82) is 0 Å². The molecule has 1 N–H and O–H groups in total. The van der Waals surface area contributed by atoms with Crippen LogP contribution < -0.4 is 10.1 Å². The van der Waals surface area contributed by atoms with Crippen molar-refractivity contribution in [3.63, 3.8) is 0 Å². The molecule has 0 bridgehead atoms. The molecule has 0 saturated heterocycles. The largest absolute Gasteiger partial charge is 0.483 e. The molecule has 30 heavy (non-hydrogen) atoms. The molecule has 0 heterocycles. The molecule has 162 valence electrons. The summed E-state index contributed by atoms with van der Waals surface area (Å²) in [5, 5.41) is 2.93. The van der Waals surface area contributed by atoms with Gasteiger partial charge in [-0.05, 0) is 55.9 Å². The molecule has 2 aromatic carbocycles. The summed E-state index contributed by atoms with van der Waals surface area (Å²) in [4.78, 5) is 27.5. The van der Waals surface area contributed by atoms with Gasteiger partial charge in [0, 0.05) is 13.1 Å². The number of nitrogens with one attached hydrogen (secondary N) is 1. The molecule has 0 unspecified atom stereocenters. The van der Waals surface area contributed by atoms with Gasteiger partial charge in [0.25, 0.3) is 5.91 Å². The van der Waals surface area contributed by atoms with Crippen LogP contribution in [0.1, 0.15) is 43.4 Å². The Morgan fingerprint density at radius 1 is 1.03 bits per heavy atom. The van der Waals surface area contributed by atoms with Crippen LogP contribution in [0.2, 0.25) is 0 Å². The lowest BCUT2D eigenvalue weighted by Crippen LogP contribution is -2.51. The lowest BCUT2D eigenvalue weighted by molar-refractivity contribution is -0.142. The van der Waals surface area contributed by atoms with E-state index in [9.17, 15) is 9.59 Å². The van der Waals surface area contributed by atoms with Crippen LogP contribution in [-0.4, -0.2) is 42.5 Å². The van der Waals surface area contributed by atoms with Gasteiger partial charge in [-0.2, -0.15) is 0 Å². The maximum Gasteiger partial charge on any atom is 0.261 e. The van der Waals surface area contributed by atoms with Crippen molar-refractivity contribution < 1.29 is 14.3 Å². The zero-order valence-corrected chi connectivity index (χ0v) is 18.6. The molecule has 0 fully saturated rings. The lowest BCUT2D eigenvalue weighted by Gasteiger charge is -2.30. The SMILES string of the molecule is CCCNC(=O)[C@@H](CC)N(CCc1ccccc1)C(=O)COc1cccc(C)c1C. The van der Waals surface area contributed by atoms with Crippen LogP contribution in [0.15, 0.2) is 48.5 Å². The summed E-state index contributed by atoms with van der Waals surface area (Å²) in [6, 6.07) is 15.3. The van der Waals surface area contributed by atoms with Crippen LogP contribution in [0.5, 0.6) is 5.75 Å². The van der Waals surface area contributed by atoms with Gasteiger partial charge in [0.1, 0.15) is 11.8 Å². The van der Waals surface area contributed by atoms with E-state index in [0.29, 0.717) is 31.7 Å². The van der Waals surface area contributed by atoms with Crippen LogP contribution >= 0.6 is 0 Å². The normalized spacial score (nSPS) is 11.6. The molecule has 0 aliphatic rings. The van der Waals surface area contributed by atoms with E-state index < -0.39 is 6.04 Å². The summed E-state index contributed by atoms with van der Waals surface area (Å²) in [5.41, 5.74) is 3.27. The quantitative estimate of drug-likeness (QED) is 0.608. The highest BCUT2D eigenvalue weighted by molar-refractivity contribution is 5.88. The molecule has 0 aliphatic carbocycles. The fraction of sp³-hybridized carbons (Fsp3) is 0.440. The average molecular weight is 411 g/mol. The van der Waals surface area contributed by atoms with Gasteiger partial charge in [-0.25, -0.2) is 0 Å². The van der Waals surface area contributed by atoms with E-state index in [-0.39, 0.29) is 18.4 Å². The molecule has 2 rings (SSSR count). The Morgan fingerprint density at radius 3 is 2.43 bits per heavy atom. The van der Waals surface area contributed by atoms with Crippen molar-refractivity contribution in [3.8, 4) is 5.75 Å². The third-order valence-electron chi connectivity index (χ3n) is 5.33. The maximum atomic E-state index is 13.1. The smallest absolute Gasteiger partial charge is 0.261 e. The van der Waals surface area contributed by atoms with E-state index in [0.717, 1.165) is 23.1 Å². The minimum absolute atomic E-state index is 0.0867. The second kappa shape index (κ2) is 12.0. The first-order valence-electron chi connectivity index (χ1n) is 10.8. The number of aryl methyl sites for hydroxylation is 1. The first-order valence-corrected chi connectivity index (χ1v) is 10.8. The van der Waals surface area contributed by atoms with Gasteiger partial charge in [0.15, 0.2) is 6.61 Å². The monoisotopic (exact) mass is 410 g/mol. The zero-order valence-electron chi connectivity index (χ0n) is 18.6. The first-order chi connectivity index (χ1) is 14.5. The minimum atomic E-state index is -0.505. The van der Waals surface area contributed by atoms with E-state index in [2.05, 4.69) is 5.32 Å². The fourth-order valence-electron chi connectivity index (χ4n) is 3.36. The van der Waals surface area contributed by atoms with Crippen LogP contribution in [0.25, 0.3) is 0 Å². The zero-order chi connectivity index (χ0) is 21.9. The number of carbonyl (C=O) groups excluding carboxylic acids is 2. The van der Waals surface area contributed by atoms with Crippen LogP contribution in [-0.2, 0) is 16.0 Å². The van der Waals surface area contributed by atoms with E-state index in [1.54, 1.807) is 4.90 Å². The van der Waals surface area contributed by atoms with Gasteiger partial charge >= 0.3 is 0 Å². The van der Waals surface area contributed by atoms with Gasteiger partial charge in [-0.1, -0.05) is 56.3 Å². The number of benzene rings is 2. The molecule has 0 spiro atoms. The average Bonchev–Trinajstić information content (AvgIpc) is 2.76. The molecule has 0 saturated carbocycles. The number of rotatable bonds is 11. The van der Waals surface area contributed by atoms with Gasteiger partial charge in [-0.3, -0.25) is 9.59 Å². The standard InChI is InChI=1S/C25H34N2O3/c1-5-16-26-25(29)22(6-2)27(17-15-21-12-8-7-9-13-21)24(28)18-30-23-14-10-11-19(3)20(23)4/h7-14,22H,5-6,15-18H2,1-4H3,(H,26,29)/t22-/m1/s1. The summed E-state index contributed by atoms with van der Waals surface area (Å²) in [6.45, 7) is 8.93. The number of amides is 2. The topological polar surface area (TPSA) is 58.6 Å². The predicted molar refractivity (Wildman–Crippen MR) is 121 cm³/mol. The van der Waals surface area contributed by atoms with Crippen molar-refractivity contribution in [2.45, 2.75) is 53.0 Å². The van der Waals surface area contributed by atoms with Gasteiger partial charge < -0.3 is 15.0 Å². The Labute approximate surface area is 180 Å². The number of ether oxygens (including phenoxy) is 1. The van der Waals surface area contributed by atoms with Crippen LogP contribution in [0.4, 0.5) is 0 Å². The Morgan fingerprint density at radius 2 is 1.77 bits per heavy atom. The first kappa shape index (κ1) is 23.5. The molecule has 2 aromatic rings. The van der Waals surface area contributed by atoms with Crippen LogP contribution in [0, 0.1) is 13.8 Å². The van der Waals surface area contributed by atoms with E-state index in [1.807, 2.05) is 76.2 Å². The predicted octanol–water partition coefficient (Wildman–Crippen LogP) is 4.06. The number of nitrogens with zero attached hydrogens (tertiary/aromatic N) is 1. The van der Waals surface area contributed by atoms with Crippen molar-refractivity contribution >= 4 is 11.8 Å². The molecular weight excluding hydrogens is 376 g/mol. The second-order valence-corrected chi connectivity index (χ2v) is 7.52. The summed E-state index contributed by atoms with van der Waals surface area (Å²) in [5.74, 6) is 0.424. The van der Waals surface area contributed by atoms with Crippen molar-refractivity contribution in [3.05, 3.63) is 65.2 Å². The Bertz CT molecular complexity index is 820. The molecular formula is C25H34N2O3. The Hall–Kier alpha value is -2.82. The Balaban J connectivity index is 2.14. The summed E-state index contributed by atoms with van der Waals surface area (Å²) in [6.07, 6.45) is 2.10. The second-order valence-electron chi connectivity index (χ2n) is 7.52. The highest BCUT2D eigenvalue weighted by Crippen LogP contribution is 2.21. The van der Waals surface area contributed by atoms with Crippen molar-refractivity contribution in [2.75, 3.05) is 19.7 Å². The van der Waals surface area contributed by atoms with Crippen molar-refractivity contribution in [2.24, 2.45) is 0 Å². The maximum absolute atomic E-state index is 13.1. The summed E-state index contributed by atoms with van der Waals surface area (Å²) < 4.78 is 5.85. The van der Waals surface area contributed by atoms with Gasteiger partial charge in [-0.15, -0.1) is 0 Å². The highest BCUT2D eigenvalue weighted by Gasteiger charge is 2.28. The molecule has 1 atom stereocenters. The molecule has 0 radical (unpaired) electrons.